The van der Waals surface area contributed by atoms with Gasteiger partial charge in [0.25, 0.3) is 0 Å². The molecule has 0 aliphatic heterocycles. The van der Waals surface area contributed by atoms with Crippen molar-refractivity contribution in [1.29, 1.82) is 0 Å². The van der Waals surface area contributed by atoms with Crippen LogP contribution in [0.15, 0.2) is 48.6 Å². The molecule has 0 saturated carbocycles. The number of methoxy groups -OCH3 is 1. The SMILES string of the molecule is COC(=O)CCCCCCNC(=O)C=CC=Cc1ccccc1. The molecule has 0 aliphatic rings. The summed E-state index contributed by atoms with van der Waals surface area (Å²) in [5.41, 5.74) is 1.10. The van der Waals surface area contributed by atoms with Crippen molar-refractivity contribution < 1.29 is 14.3 Å². The number of unbranched alkanes of at least 4 members (excludes halogenated alkanes) is 3. The molecule has 23 heavy (non-hydrogen) atoms. The van der Waals surface area contributed by atoms with Gasteiger partial charge < -0.3 is 10.1 Å². The van der Waals surface area contributed by atoms with E-state index in [0.29, 0.717) is 13.0 Å². The van der Waals surface area contributed by atoms with Crippen LogP contribution < -0.4 is 5.32 Å². The van der Waals surface area contributed by atoms with E-state index in [2.05, 4.69) is 10.1 Å². The lowest BCUT2D eigenvalue weighted by Crippen LogP contribution is -2.21. The molecule has 0 fully saturated rings. The summed E-state index contributed by atoms with van der Waals surface area (Å²) in [6, 6.07) is 9.92. The number of nitrogens with one attached hydrogen (secondary N) is 1. The molecule has 1 N–H and O–H groups in total. The van der Waals surface area contributed by atoms with Gasteiger partial charge in [0.15, 0.2) is 0 Å². The summed E-state index contributed by atoms with van der Waals surface area (Å²) in [4.78, 5) is 22.5. The average Bonchev–Trinajstić information content (AvgIpc) is 2.58. The zero-order valence-corrected chi connectivity index (χ0v) is 13.7. The normalized spacial score (nSPS) is 11.0. The van der Waals surface area contributed by atoms with Gasteiger partial charge >= 0.3 is 5.97 Å². The average molecular weight is 315 g/mol. The van der Waals surface area contributed by atoms with Crippen molar-refractivity contribution in [2.75, 3.05) is 13.7 Å². The summed E-state index contributed by atoms with van der Waals surface area (Å²) in [5, 5.41) is 2.84. The predicted molar refractivity (Wildman–Crippen MR) is 92.7 cm³/mol. The van der Waals surface area contributed by atoms with Crippen LogP contribution in [0.2, 0.25) is 0 Å². The van der Waals surface area contributed by atoms with Gasteiger partial charge in [0, 0.05) is 19.0 Å². The second-order valence-corrected chi connectivity index (χ2v) is 5.16. The Balaban J connectivity index is 2.05. The van der Waals surface area contributed by atoms with Crippen molar-refractivity contribution >= 4 is 18.0 Å². The molecule has 0 unspecified atom stereocenters. The van der Waals surface area contributed by atoms with Gasteiger partial charge in [0.1, 0.15) is 0 Å². The van der Waals surface area contributed by atoms with E-state index in [1.807, 2.05) is 42.5 Å². The molecule has 0 heterocycles. The smallest absolute Gasteiger partial charge is 0.305 e. The molecule has 4 nitrogen and oxygen atoms in total. The van der Waals surface area contributed by atoms with Gasteiger partial charge in [-0.15, -0.1) is 0 Å². The number of benzene rings is 1. The lowest BCUT2D eigenvalue weighted by Gasteiger charge is -2.02. The summed E-state index contributed by atoms with van der Waals surface area (Å²) in [7, 11) is 1.40. The van der Waals surface area contributed by atoms with Crippen molar-refractivity contribution in [2.24, 2.45) is 0 Å². The number of ether oxygens (including phenoxy) is 1. The number of hydrogen-bond donors (Lipinski definition) is 1. The van der Waals surface area contributed by atoms with Crippen LogP contribution in [0, 0.1) is 0 Å². The van der Waals surface area contributed by atoms with Gasteiger partial charge in [-0.2, -0.15) is 0 Å². The minimum Gasteiger partial charge on any atom is -0.469 e. The van der Waals surface area contributed by atoms with Gasteiger partial charge in [0.05, 0.1) is 7.11 Å². The molecule has 0 aromatic heterocycles. The highest BCUT2D eigenvalue weighted by molar-refractivity contribution is 5.87. The van der Waals surface area contributed by atoms with Crippen LogP contribution in [0.1, 0.15) is 37.7 Å². The number of rotatable bonds is 10. The second-order valence-electron chi connectivity index (χ2n) is 5.16. The van der Waals surface area contributed by atoms with Crippen LogP contribution in [-0.4, -0.2) is 25.5 Å². The third-order valence-corrected chi connectivity index (χ3v) is 3.28. The van der Waals surface area contributed by atoms with Gasteiger partial charge in [0.2, 0.25) is 5.91 Å². The van der Waals surface area contributed by atoms with Gasteiger partial charge in [-0.1, -0.05) is 61.4 Å². The Labute approximate surface area is 138 Å². The number of amides is 1. The molecule has 1 amide bonds. The molecule has 0 radical (unpaired) electrons. The molecular weight excluding hydrogens is 290 g/mol. The first-order chi connectivity index (χ1) is 11.2. The summed E-state index contributed by atoms with van der Waals surface area (Å²) in [6.07, 6.45) is 11.3. The summed E-state index contributed by atoms with van der Waals surface area (Å²) in [5.74, 6) is -0.246. The van der Waals surface area contributed by atoms with Gasteiger partial charge in [-0.05, 0) is 18.4 Å². The Hall–Kier alpha value is -2.36. The van der Waals surface area contributed by atoms with E-state index in [1.165, 1.54) is 13.2 Å². The van der Waals surface area contributed by atoms with E-state index < -0.39 is 0 Å². The van der Waals surface area contributed by atoms with Crippen molar-refractivity contribution in [3.63, 3.8) is 0 Å². The highest BCUT2D eigenvalue weighted by atomic mass is 16.5. The number of esters is 1. The molecule has 1 rings (SSSR count). The van der Waals surface area contributed by atoms with Crippen LogP contribution in [-0.2, 0) is 14.3 Å². The third-order valence-electron chi connectivity index (χ3n) is 3.28. The fourth-order valence-electron chi connectivity index (χ4n) is 1.99. The highest BCUT2D eigenvalue weighted by Gasteiger charge is 1.99. The van der Waals surface area contributed by atoms with E-state index in [4.69, 9.17) is 0 Å². The quantitative estimate of drug-likeness (QED) is 0.311. The molecular formula is C19H25NO3. The molecule has 4 heteroatoms. The third kappa shape index (κ3) is 10.1. The zero-order valence-electron chi connectivity index (χ0n) is 13.7. The number of carbonyl (C=O) groups excluding carboxylic acids is 2. The fraction of sp³-hybridized carbons (Fsp3) is 0.368. The molecule has 0 atom stereocenters. The molecule has 0 spiro atoms. The summed E-state index contributed by atoms with van der Waals surface area (Å²) < 4.78 is 4.58. The molecule has 1 aromatic carbocycles. The van der Waals surface area contributed by atoms with Crippen LogP contribution in [0.3, 0.4) is 0 Å². The van der Waals surface area contributed by atoms with E-state index in [1.54, 1.807) is 6.08 Å². The molecule has 124 valence electrons. The van der Waals surface area contributed by atoms with Gasteiger partial charge in [-0.3, -0.25) is 9.59 Å². The van der Waals surface area contributed by atoms with Gasteiger partial charge in [-0.25, -0.2) is 0 Å². The Bertz CT molecular complexity index is 521. The Kier molecular flexibility index (Phi) is 9.92. The molecule has 0 saturated heterocycles. The Morgan fingerprint density at radius 1 is 1.04 bits per heavy atom. The first-order valence-electron chi connectivity index (χ1n) is 7.97. The summed E-state index contributed by atoms with van der Waals surface area (Å²) >= 11 is 0. The van der Waals surface area contributed by atoms with E-state index in [0.717, 1.165) is 31.2 Å². The lowest BCUT2D eigenvalue weighted by atomic mass is 10.1. The fourth-order valence-corrected chi connectivity index (χ4v) is 1.99. The summed E-state index contributed by atoms with van der Waals surface area (Å²) in [6.45, 7) is 0.657. The maximum Gasteiger partial charge on any atom is 0.305 e. The van der Waals surface area contributed by atoms with E-state index >= 15 is 0 Å². The molecule has 0 bridgehead atoms. The maximum atomic E-state index is 11.6. The van der Waals surface area contributed by atoms with Crippen molar-refractivity contribution in [1.82, 2.24) is 5.32 Å². The van der Waals surface area contributed by atoms with Crippen LogP contribution >= 0.6 is 0 Å². The highest BCUT2D eigenvalue weighted by Crippen LogP contribution is 2.03. The number of hydrogen-bond acceptors (Lipinski definition) is 3. The number of allylic oxidation sites excluding steroid dienone is 2. The first-order valence-corrected chi connectivity index (χ1v) is 7.97. The Morgan fingerprint density at radius 2 is 1.78 bits per heavy atom. The minimum absolute atomic E-state index is 0.0859. The Morgan fingerprint density at radius 3 is 2.52 bits per heavy atom. The number of carbonyl (C=O) groups is 2. The van der Waals surface area contributed by atoms with Crippen molar-refractivity contribution in [3.8, 4) is 0 Å². The maximum absolute atomic E-state index is 11.6. The van der Waals surface area contributed by atoms with Crippen molar-refractivity contribution in [2.45, 2.75) is 32.1 Å². The van der Waals surface area contributed by atoms with Crippen LogP contribution in [0.5, 0.6) is 0 Å². The second kappa shape index (κ2) is 12.2. The van der Waals surface area contributed by atoms with E-state index in [9.17, 15) is 9.59 Å². The van der Waals surface area contributed by atoms with Crippen LogP contribution in [0.4, 0.5) is 0 Å². The minimum atomic E-state index is -0.160. The first kappa shape index (κ1) is 18.7. The van der Waals surface area contributed by atoms with Crippen molar-refractivity contribution in [3.05, 3.63) is 54.1 Å². The molecule has 1 aromatic rings. The van der Waals surface area contributed by atoms with E-state index in [-0.39, 0.29) is 11.9 Å². The lowest BCUT2D eigenvalue weighted by molar-refractivity contribution is -0.140. The predicted octanol–water partition coefficient (Wildman–Crippen LogP) is 3.50. The zero-order chi connectivity index (χ0) is 16.8. The standard InChI is InChI=1S/C19H25NO3/c1-23-19(22)15-7-2-3-10-16-20-18(21)14-9-8-13-17-11-5-4-6-12-17/h4-6,8-9,11-14H,2-3,7,10,15-16H2,1H3,(H,20,21). The monoisotopic (exact) mass is 315 g/mol. The molecule has 0 aliphatic carbocycles. The topological polar surface area (TPSA) is 55.4 Å². The largest absolute Gasteiger partial charge is 0.469 e. The van der Waals surface area contributed by atoms with Crippen LogP contribution in [0.25, 0.3) is 6.08 Å².